The molecule has 0 aromatic heterocycles. The topological polar surface area (TPSA) is 37.3 Å². The Bertz CT molecular complexity index is 168. The highest BCUT2D eigenvalue weighted by atomic mass is 16.4. The first-order valence-corrected chi connectivity index (χ1v) is 3.74. The molecule has 0 aliphatic carbocycles. The van der Waals surface area contributed by atoms with Crippen molar-refractivity contribution in [2.24, 2.45) is 5.92 Å². The fourth-order valence-corrected chi connectivity index (χ4v) is 0.528. The van der Waals surface area contributed by atoms with Gasteiger partial charge in [0.1, 0.15) is 0 Å². The third kappa shape index (κ3) is 6.84. The predicted octanol–water partition coefficient (Wildman–Crippen LogP) is 2.23. The van der Waals surface area contributed by atoms with Crippen LogP contribution in [0.25, 0.3) is 0 Å². The number of carboxylic acids is 1. The van der Waals surface area contributed by atoms with Gasteiger partial charge in [-0.2, -0.15) is 0 Å². The molecule has 0 radical (unpaired) electrons. The number of hydrogen-bond donors (Lipinski definition) is 1. The summed E-state index contributed by atoms with van der Waals surface area (Å²) < 4.78 is 0. The average Bonchev–Trinajstić information content (AvgIpc) is 1.97. The molecule has 0 spiro atoms. The van der Waals surface area contributed by atoms with Crippen LogP contribution >= 0.6 is 0 Å². The standard InChI is InChI=1S/C9H14O2/c1-3-8(2)6-4-5-7-9(10)11/h4-8H,3H2,1-2H3,(H,10,11)/b6-4+,7-5+. The third-order valence-corrected chi connectivity index (χ3v) is 1.43. The predicted molar refractivity (Wildman–Crippen MR) is 45.4 cm³/mol. The van der Waals surface area contributed by atoms with Crippen molar-refractivity contribution in [3.05, 3.63) is 24.3 Å². The molecule has 1 N–H and O–H groups in total. The molecule has 0 fully saturated rings. The van der Waals surface area contributed by atoms with E-state index in [4.69, 9.17) is 5.11 Å². The summed E-state index contributed by atoms with van der Waals surface area (Å²) in [6.45, 7) is 4.18. The van der Waals surface area contributed by atoms with Crippen LogP contribution < -0.4 is 0 Å². The first kappa shape index (κ1) is 9.95. The van der Waals surface area contributed by atoms with E-state index in [1.54, 1.807) is 6.08 Å². The molecule has 0 saturated carbocycles. The summed E-state index contributed by atoms with van der Waals surface area (Å²) in [5.74, 6) is -0.382. The van der Waals surface area contributed by atoms with E-state index in [2.05, 4.69) is 13.8 Å². The van der Waals surface area contributed by atoms with Gasteiger partial charge in [0.25, 0.3) is 0 Å². The van der Waals surface area contributed by atoms with E-state index in [0.29, 0.717) is 5.92 Å². The number of hydrogen-bond acceptors (Lipinski definition) is 1. The zero-order valence-electron chi connectivity index (χ0n) is 6.95. The summed E-state index contributed by atoms with van der Waals surface area (Å²) >= 11 is 0. The zero-order chi connectivity index (χ0) is 8.69. The number of carboxylic acid groups (broad SMARTS) is 1. The Balaban J connectivity index is 3.67. The highest BCUT2D eigenvalue weighted by molar-refractivity contribution is 5.80. The normalized spacial score (nSPS) is 14.4. The van der Waals surface area contributed by atoms with Gasteiger partial charge in [-0.3, -0.25) is 0 Å². The minimum Gasteiger partial charge on any atom is -0.478 e. The second kappa shape index (κ2) is 5.71. The van der Waals surface area contributed by atoms with Gasteiger partial charge in [0.05, 0.1) is 0 Å². The van der Waals surface area contributed by atoms with Gasteiger partial charge in [-0.25, -0.2) is 4.79 Å². The van der Waals surface area contributed by atoms with Gasteiger partial charge in [-0.05, 0) is 5.92 Å². The fourth-order valence-electron chi connectivity index (χ4n) is 0.528. The molecule has 1 atom stereocenters. The van der Waals surface area contributed by atoms with Gasteiger partial charge in [-0.15, -0.1) is 0 Å². The summed E-state index contributed by atoms with van der Waals surface area (Å²) in [7, 11) is 0. The van der Waals surface area contributed by atoms with Crippen LogP contribution in [0.4, 0.5) is 0 Å². The van der Waals surface area contributed by atoms with E-state index in [-0.39, 0.29) is 0 Å². The van der Waals surface area contributed by atoms with Gasteiger partial charge in [-0.1, -0.05) is 38.5 Å². The monoisotopic (exact) mass is 154 g/mol. The van der Waals surface area contributed by atoms with Crippen molar-refractivity contribution < 1.29 is 9.90 Å². The van der Waals surface area contributed by atoms with E-state index in [1.165, 1.54) is 6.08 Å². The summed E-state index contributed by atoms with van der Waals surface area (Å²) in [5.41, 5.74) is 0. The Morgan fingerprint density at radius 1 is 1.55 bits per heavy atom. The minimum atomic E-state index is -0.904. The molecule has 0 aromatic carbocycles. The molecule has 2 nitrogen and oxygen atoms in total. The van der Waals surface area contributed by atoms with E-state index in [0.717, 1.165) is 12.5 Å². The van der Waals surface area contributed by atoms with Crippen LogP contribution in [0.1, 0.15) is 20.3 Å². The third-order valence-electron chi connectivity index (χ3n) is 1.43. The number of carbonyl (C=O) groups is 1. The zero-order valence-corrected chi connectivity index (χ0v) is 6.95. The molecule has 11 heavy (non-hydrogen) atoms. The van der Waals surface area contributed by atoms with Crippen molar-refractivity contribution in [3.8, 4) is 0 Å². The van der Waals surface area contributed by atoms with Crippen LogP contribution in [0.2, 0.25) is 0 Å². The second-order valence-electron chi connectivity index (χ2n) is 2.47. The van der Waals surface area contributed by atoms with Crippen molar-refractivity contribution in [3.63, 3.8) is 0 Å². The van der Waals surface area contributed by atoms with Crippen LogP contribution in [-0.2, 0) is 4.79 Å². The molecule has 0 aromatic rings. The highest BCUT2D eigenvalue weighted by Crippen LogP contribution is 2.01. The molecule has 0 rings (SSSR count). The lowest BCUT2D eigenvalue weighted by atomic mass is 10.1. The van der Waals surface area contributed by atoms with Crippen molar-refractivity contribution in [2.45, 2.75) is 20.3 Å². The maximum Gasteiger partial charge on any atom is 0.328 e. The van der Waals surface area contributed by atoms with Gasteiger partial charge in [0.15, 0.2) is 0 Å². The Morgan fingerprint density at radius 3 is 2.64 bits per heavy atom. The summed E-state index contributed by atoms with van der Waals surface area (Å²) in [6.07, 6.45) is 7.49. The maximum atomic E-state index is 9.99. The maximum absolute atomic E-state index is 9.99. The largest absolute Gasteiger partial charge is 0.478 e. The van der Waals surface area contributed by atoms with Crippen molar-refractivity contribution in [1.82, 2.24) is 0 Å². The van der Waals surface area contributed by atoms with Crippen molar-refractivity contribution >= 4 is 5.97 Å². The quantitative estimate of drug-likeness (QED) is 0.498. The van der Waals surface area contributed by atoms with E-state index in [9.17, 15) is 4.79 Å². The summed E-state index contributed by atoms with van der Waals surface area (Å²) in [4.78, 5) is 9.99. The molecule has 0 bridgehead atoms. The Kier molecular flexibility index (Phi) is 5.17. The molecule has 62 valence electrons. The molecule has 0 amide bonds. The van der Waals surface area contributed by atoms with Crippen LogP contribution in [0.3, 0.4) is 0 Å². The number of allylic oxidation sites excluding steroid dienone is 3. The molecule has 2 heteroatoms. The Labute approximate surface area is 67.2 Å². The van der Waals surface area contributed by atoms with Gasteiger partial charge >= 0.3 is 5.97 Å². The van der Waals surface area contributed by atoms with E-state index < -0.39 is 5.97 Å². The van der Waals surface area contributed by atoms with Crippen molar-refractivity contribution in [2.75, 3.05) is 0 Å². The van der Waals surface area contributed by atoms with E-state index >= 15 is 0 Å². The first-order valence-electron chi connectivity index (χ1n) is 3.74. The molecule has 0 saturated heterocycles. The molecular formula is C9H14O2. The molecule has 1 unspecified atom stereocenters. The number of rotatable bonds is 4. The summed E-state index contributed by atoms with van der Waals surface area (Å²) in [6, 6.07) is 0. The summed E-state index contributed by atoms with van der Waals surface area (Å²) in [5, 5.41) is 8.22. The lowest BCUT2D eigenvalue weighted by molar-refractivity contribution is -0.131. The SMILES string of the molecule is CCC(C)/C=C/C=C/C(=O)O. The molecular weight excluding hydrogens is 140 g/mol. The molecule has 0 heterocycles. The van der Waals surface area contributed by atoms with E-state index in [1.807, 2.05) is 6.08 Å². The van der Waals surface area contributed by atoms with Crippen LogP contribution in [0.15, 0.2) is 24.3 Å². The average molecular weight is 154 g/mol. The Hall–Kier alpha value is -1.05. The fraction of sp³-hybridized carbons (Fsp3) is 0.444. The van der Waals surface area contributed by atoms with Gasteiger partial charge in [0.2, 0.25) is 0 Å². The number of aliphatic carboxylic acids is 1. The van der Waals surface area contributed by atoms with Gasteiger partial charge in [0, 0.05) is 6.08 Å². The molecule has 0 aliphatic rings. The Morgan fingerprint density at radius 2 is 2.18 bits per heavy atom. The highest BCUT2D eigenvalue weighted by Gasteiger charge is 1.88. The van der Waals surface area contributed by atoms with Crippen LogP contribution in [0, 0.1) is 5.92 Å². The smallest absolute Gasteiger partial charge is 0.328 e. The van der Waals surface area contributed by atoms with Crippen molar-refractivity contribution in [1.29, 1.82) is 0 Å². The van der Waals surface area contributed by atoms with Crippen LogP contribution in [0.5, 0.6) is 0 Å². The van der Waals surface area contributed by atoms with Gasteiger partial charge < -0.3 is 5.11 Å². The lowest BCUT2D eigenvalue weighted by Crippen LogP contribution is -1.85. The minimum absolute atomic E-state index is 0.522. The van der Waals surface area contributed by atoms with Crippen LogP contribution in [-0.4, -0.2) is 11.1 Å². The first-order chi connectivity index (χ1) is 5.16. The lowest BCUT2D eigenvalue weighted by Gasteiger charge is -1.96. The second-order valence-corrected chi connectivity index (χ2v) is 2.47. The molecule has 0 aliphatic heterocycles.